The Kier molecular flexibility index (Phi) is 4.85. The van der Waals surface area contributed by atoms with Crippen LogP contribution < -0.4 is 0 Å². The third-order valence-corrected chi connectivity index (χ3v) is 3.87. The van der Waals surface area contributed by atoms with Crippen LogP contribution >= 0.6 is 0 Å². The minimum Gasteiger partial charge on any atom is -0.388 e. The smallest absolute Gasteiger partial charge is 0.0988 e. The van der Waals surface area contributed by atoms with Crippen molar-refractivity contribution in [2.24, 2.45) is 4.99 Å². The van der Waals surface area contributed by atoms with E-state index in [4.69, 9.17) is 0 Å². The molecule has 0 aliphatic rings. The summed E-state index contributed by atoms with van der Waals surface area (Å²) in [5, 5.41) is 10.9. The summed E-state index contributed by atoms with van der Waals surface area (Å²) in [7, 11) is -1.43. The molecule has 1 unspecified atom stereocenters. The number of hydrogen-bond donors (Lipinski definition) is 1. The molecule has 1 N–H and O–H groups in total. The number of aliphatic imine (C=N–C) groups is 1. The van der Waals surface area contributed by atoms with Crippen molar-refractivity contribution in [2.75, 3.05) is 0 Å². The largest absolute Gasteiger partial charge is 0.388 e. The maximum Gasteiger partial charge on any atom is 0.0988 e. The van der Waals surface area contributed by atoms with E-state index in [9.17, 15) is 5.11 Å². The maximum atomic E-state index is 9.81. The highest BCUT2D eigenvalue weighted by molar-refractivity contribution is 7.05. The zero-order chi connectivity index (χ0) is 10.6. The summed E-state index contributed by atoms with van der Waals surface area (Å²) in [5.41, 5.74) is 0. The van der Waals surface area contributed by atoms with Crippen molar-refractivity contribution < 1.29 is 5.11 Å². The molecule has 0 aromatic carbocycles. The zero-order valence-electron chi connectivity index (χ0n) is 9.76. The molecular formula is C10H23NOSi. The summed E-state index contributed by atoms with van der Waals surface area (Å²) in [4.78, 5) is 4.55. The molecule has 0 heterocycles. The fourth-order valence-corrected chi connectivity index (χ4v) is 3.10. The van der Waals surface area contributed by atoms with Gasteiger partial charge in [-0.3, -0.25) is 4.99 Å². The molecular weight excluding hydrogens is 178 g/mol. The van der Waals surface area contributed by atoms with Crippen molar-refractivity contribution in [3.8, 4) is 0 Å². The second-order valence-corrected chi connectivity index (χ2v) is 9.79. The summed E-state index contributed by atoms with van der Waals surface area (Å²) >= 11 is 0. The van der Waals surface area contributed by atoms with Crippen LogP contribution in [0, 0.1) is 0 Å². The Balaban J connectivity index is 4.76. The third-order valence-electron chi connectivity index (χ3n) is 1.87. The van der Waals surface area contributed by atoms with E-state index in [0.717, 1.165) is 11.8 Å². The summed E-state index contributed by atoms with van der Waals surface area (Å²) in [6.45, 7) is 12.8. The van der Waals surface area contributed by atoms with Crippen molar-refractivity contribution in [1.82, 2.24) is 0 Å². The highest BCUT2D eigenvalue weighted by Crippen LogP contribution is 2.11. The van der Waals surface area contributed by atoms with Gasteiger partial charge < -0.3 is 5.11 Å². The lowest BCUT2D eigenvalue weighted by molar-refractivity contribution is 0.239. The van der Waals surface area contributed by atoms with E-state index in [1.807, 2.05) is 6.92 Å². The molecule has 0 amide bonds. The van der Waals surface area contributed by atoms with Gasteiger partial charge in [-0.25, -0.2) is 0 Å². The highest BCUT2D eigenvalue weighted by atomic mass is 28.3. The number of rotatable bonds is 4. The molecule has 1 atom stereocenters. The molecule has 0 aliphatic heterocycles. The third kappa shape index (κ3) is 4.57. The van der Waals surface area contributed by atoms with E-state index >= 15 is 0 Å². The number of hydrogen-bond acceptors (Lipinski definition) is 2. The lowest BCUT2D eigenvalue weighted by Crippen LogP contribution is -2.42. The Labute approximate surface area is 83.1 Å². The molecule has 0 rings (SSSR count). The van der Waals surface area contributed by atoms with Gasteiger partial charge in [0.15, 0.2) is 0 Å². The van der Waals surface area contributed by atoms with E-state index in [-0.39, 0.29) is 6.10 Å². The van der Waals surface area contributed by atoms with E-state index in [2.05, 4.69) is 38.5 Å². The zero-order valence-corrected chi connectivity index (χ0v) is 10.8. The molecule has 78 valence electrons. The summed E-state index contributed by atoms with van der Waals surface area (Å²) in [6, 6.07) is 0.294. The summed E-state index contributed by atoms with van der Waals surface area (Å²) in [6.07, 6.45) is 0.449. The fourth-order valence-electron chi connectivity index (χ4n) is 1.25. The maximum absolute atomic E-state index is 9.81. The van der Waals surface area contributed by atoms with Gasteiger partial charge in [-0.15, -0.1) is 0 Å². The highest BCUT2D eigenvalue weighted by Gasteiger charge is 2.26. The monoisotopic (exact) mass is 201 g/mol. The Hall–Kier alpha value is -0.153. The van der Waals surface area contributed by atoms with Crippen molar-refractivity contribution in [3.63, 3.8) is 0 Å². The van der Waals surface area contributed by atoms with Gasteiger partial charge in [-0.05, 0) is 20.3 Å². The predicted octanol–water partition coefficient (Wildman–Crippen LogP) is 2.48. The molecule has 0 radical (unpaired) electrons. The minimum atomic E-state index is -1.43. The molecule has 0 bridgehead atoms. The summed E-state index contributed by atoms with van der Waals surface area (Å²) in [5.74, 6) is 0. The second kappa shape index (κ2) is 4.91. The van der Waals surface area contributed by atoms with Gasteiger partial charge in [0.2, 0.25) is 0 Å². The van der Waals surface area contributed by atoms with Crippen LogP contribution in [-0.4, -0.2) is 30.7 Å². The molecule has 0 aliphatic carbocycles. The Morgan fingerprint density at radius 2 is 1.77 bits per heavy atom. The SMILES string of the molecule is CCC(O)C(=NC(C)C)[Si](C)(C)C. The average molecular weight is 201 g/mol. The van der Waals surface area contributed by atoms with Crippen molar-refractivity contribution in [1.29, 1.82) is 0 Å². The molecule has 0 saturated carbocycles. The van der Waals surface area contributed by atoms with E-state index in [1.54, 1.807) is 0 Å². The first kappa shape index (κ1) is 12.8. The van der Waals surface area contributed by atoms with E-state index in [0.29, 0.717) is 6.04 Å². The molecule has 13 heavy (non-hydrogen) atoms. The van der Waals surface area contributed by atoms with Crippen LogP contribution in [-0.2, 0) is 0 Å². The van der Waals surface area contributed by atoms with Crippen molar-refractivity contribution in [2.45, 2.75) is 59.0 Å². The Morgan fingerprint density at radius 1 is 1.31 bits per heavy atom. The van der Waals surface area contributed by atoms with Gasteiger partial charge in [0.1, 0.15) is 0 Å². The van der Waals surface area contributed by atoms with Gasteiger partial charge in [-0.1, -0.05) is 26.6 Å². The predicted molar refractivity (Wildman–Crippen MR) is 62.2 cm³/mol. The molecule has 0 fully saturated rings. The quantitative estimate of drug-likeness (QED) is 0.550. The molecule has 0 aromatic rings. The number of nitrogens with zero attached hydrogens (tertiary/aromatic N) is 1. The lowest BCUT2D eigenvalue weighted by Gasteiger charge is -2.24. The number of aliphatic hydroxyl groups is 1. The van der Waals surface area contributed by atoms with Crippen LogP contribution in [0.3, 0.4) is 0 Å². The standard InChI is InChI=1S/C10H23NOSi/c1-7-9(12)10(11-8(2)3)13(4,5)6/h8-9,12H,7H2,1-6H3. The molecule has 0 spiro atoms. The molecule has 3 heteroatoms. The Bertz CT molecular complexity index is 182. The molecule has 2 nitrogen and oxygen atoms in total. The van der Waals surface area contributed by atoms with E-state index in [1.165, 1.54) is 0 Å². The van der Waals surface area contributed by atoms with Gasteiger partial charge in [0.25, 0.3) is 0 Å². The fraction of sp³-hybridized carbons (Fsp3) is 0.900. The van der Waals surface area contributed by atoms with Gasteiger partial charge in [0.05, 0.1) is 14.2 Å². The topological polar surface area (TPSA) is 32.6 Å². The van der Waals surface area contributed by atoms with Crippen LogP contribution in [0.25, 0.3) is 0 Å². The van der Waals surface area contributed by atoms with Crippen LogP contribution in [0.1, 0.15) is 27.2 Å². The Morgan fingerprint density at radius 3 is 2.00 bits per heavy atom. The minimum absolute atomic E-state index is 0.294. The second-order valence-electron chi connectivity index (χ2n) is 4.78. The van der Waals surface area contributed by atoms with Crippen LogP contribution in [0.4, 0.5) is 0 Å². The van der Waals surface area contributed by atoms with Gasteiger partial charge in [0, 0.05) is 11.4 Å². The molecule has 0 saturated heterocycles. The van der Waals surface area contributed by atoms with Crippen molar-refractivity contribution >= 4 is 13.4 Å². The normalized spacial score (nSPS) is 16.5. The van der Waals surface area contributed by atoms with Gasteiger partial charge >= 0.3 is 0 Å². The first-order valence-corrected chi connectivity index (χ1v) is 8.55. The lowest BCUT2D eigenvalue weighted by atomic mass is 10.3. The number of aliphatic hydroxyl groups excluding tert-OH is 1. The van der Waals surface area contributed by atoms with Crippen molar-refractivity contribution in [3.05, 3.63) is 0 Å². The van der Waals surface area contributed by atoms with Crippen LogP contribution in [0.15, 0.2) is 4.99 Å². The first-order valence-electron chi connectivity index (χ1n) is 5.05. The van der Waals surface area contributed by atoms with Gasteiger partial charge in [-0.2, -0.15) is 0 Å². The van der Waals surface area contributed by atoms with Crippen LogP contribution in [0.5, 0.6) is 0 Å². The van der Waals surface area contributed by atoms with Crippen LogP contribution in [0.2, 0.25) is 19.6 Å². The first-order chi connectivity index (χ1) is 5.79. The average Bonchev–Trinajstić information content (AvgIpc) is 1.96. The summed E-state index contributed by atoms with van der Waals surface area (Å²) < 4.78 is 0. The molecule has 0 aromatic heterocycles. The van der Waals surface area contributed by atoms with E-state index < -0.39 is 8.07 Å².